The molecule has 2 aliphatic heterocycles. The molecule has 2 aliphatic rings. The van der Waals surface area contributed by atoms with Crippen molar-refractivity contribution in [3.8, 4) is 0 Å². The van der Waals surface area contributed by atoms with Gasteiger partial charge in [-0.25, -0.2) is 9.97 Å². The highest BCUT2D eigenvalue weighted by Gasteiger charge is 2.33. The number of hydrogen-bond acceptors (Lipinski definition) is 6. The van der Waals surface area contributed by atoms with Crippen LogP contribution in [0.4, 0.5) is 5.82 Å². The molecular formula is C22H32N6O2S. The highest BCUT2D eigenvalue weighted by atomic mass is 32.2. The molecule has 8 nitrogen and oxygen atoms in total. The van der Waals surface area contributed by atoms with Crippen molar-refractivity contribution in [2.75, 3.05) is 45.2 Å². The Morgan fingerprint density at radius 1 is 1.16 bits per heavy atom. The molecule has 0 saturated carbocycles. The number of pyridine rings is 1. The van der Waals surface area contributed by atoms with Crippen LogP contribution in [-0.4, -0.2) is 72.3 Å². The normalized spacial score (nSPS) is 20.1. The van der Waals surface area contributed by atoms with Crippen molar-refractivity contribution >= 4 is 16.0 Å². The summed E-state index contributed by atoms with van der Waals surface area (Å²) >= 11 is 0. The molecule has 0 radical (unpaired) electrons. The number of aryl methyl sites for hydroxylation is 1. The number of hydrogen-bond donors (Lipinski definition) is 0. The zero-order valence-electron chi connectivity index (χ0n) is 18.7. The van der Waals surface area contributed by atoms with Crippen molar-refractivity contribution < 1.29 is 8.42 Å². The van der Waals surface area contributed by atoms with Crippen LogP contribution in [0.25, 0.3) is 0 Å². The van der Waals surface area contributed by atoms with Gasteiger partial charge in [-0.05, 0) is 44.7 Å². The minimum absolute atomic E-state index is 0.0204. The van der Waals surface area contributed by atoms with Crippen molar-refractivity contribution in [2.24, 2.45) is 0 Å². The van der Waals surface area contributed by atoms with Crippen LogP contribution in [0.5, 0.6) is 0 Å². The molecule has 0 aliphatic carbocycles. The second kappa shape index (κ2) is 9.18. The van der Waals surface area contributed by atoms with Crippen LogP contribution in [0.1, 0.15) is 48.0 Å². The van der Waals surface area contributed by atoms with Crippen LogP contribution in [0.3, 0.4) is 0 Å². The Labute approximate surface area is 185 Å². The van der Waals surface area contributed by atoms with Gasteiger partial charge in [-0.1, -0.05) is 6.07 Å². The van der Waals surface area contributed by atoms with Crippen LogP contribution in [0, 0.1) is 6.92 Å². The molecule has 0 bridgehead atoms. The summed E-state index contributed by atoms with van der Waals surface area (Å²) in [5.41, 5.74) is 3.33. The van der Waals surface area contributed by atoms with Gasteiger partial charge >= 0.3 is 0 Å². The number of anilines is 1. The molecule has 2 aromatic rings. The largest absolute Gasteiger partial charge is 0.356 e. The quantitative estimate of drug-likeness (QED) is 0.679. The van der Waals surface area contributed by atoms with E-state index < -0.39 is 10.2 Å². The van der Waals surface area contributed by atoms with Crippen molar-refractivity contribution in [3.05, 3.63) is 47.2 Å². The maximum Gasteiger partial charge on any atom is 0.281 e. The highest BCUT2D eigenvalue weighted by molar-refractivity contribution is 7.86. The zero-order valence-corrected chi connectivity index (χ0v) is 19.5. The molecule has 1 fully saturated rings. The van der Waals surface area contributed by atoms with Crippen LogP contribution in [0.2, 0.25) is 0 Å². The molecule has 168 valence electrons. The summed E-state index contributed by atoms with van der Waals surface area (Å²) in [5.74, 6) is 1.82. The zero-order chi connectivity index (χ0) is 22.0. The summed E-state index contributed by atoms with van der Waals surface area (Å²) in [5, 5.41) is 0. The van der Waals surface area contributed by atoms with E-state index in [0.717, 1.165) is 68.2 Å². The minimum Gasteiger partial charge on any atom is -0.356 e. The van der Waals surface area contributed by atoms with Crippen LogP contribution in [-0.2, 0) is 23.1 Å². The molecule has 2 aromatic heterocycles. The lowest BCUT2D eigenvalue weighted by molar-refractivity contribution is 0.293. The van der Waals surface area contributed by atoms with Gasteiger partial charge in [0, 0.05) is 75.8 Å². The SMILES string of the molecule is Cc1nc([C@H]2CCCN(S(=O)(=O)N(C)C)C2)nc2c1CCCN2CCc1ccccn1. The summed E-state index contributed by atoms with van der Waals surface area (Å²) in [7, 11) is -0.262. The minimum atomic E-state index is -3.42. The molecular weight excluding hydrogens is 412 g/mol. The molecule has 4 heterocycles. The van der Waals surface area contributed by atoms with Gasteiger partial charge in [-0.2, -0.15) is 17.0 Å². The summed E-state index contributed by atoms with van der Waals surface area (Å²) in [6.07, 6.45) is 6.52. The van der Waals surface area contributed by atoms with Gasteiger partial charge in [0.05, 0.1) is 0 Å². The van der Waals surface area contributed by atoms with Gasteiger partial charge in [0.25, 0.3) is 10.2 Å². The third-order valence-corrected chi connectivity index (χ3v) is 8.17. The Kier molecular flexibility index (Phi) is 6.55. The molecule has 1 saturated heterocycles. The Bertz CT molecular complexity index is 1010. The molecule has 1 atom stereocenters. The Balaban J connectivity index is 1.57. The van der Waals surface area contributed by atoms with Crippen molar-refractivity contribution in [3.63, 3.8) is 0 Å². The van der Waals surface area contributed by atoms with Crippen LogP contribution >= 0.6 is 0 Å². The smallest absolute Gasteiger partial charge is 0.281 e. The van der Waals surface area contributed by atoms with Gasteiger partial charge < -0.3 is 4.90 Å². The Morgan fingerprint density at radius 3 is 2.74 bits per heavy atom. The first-order chi connectivity index (χ1) is 14.9. The van der Waals surface area contributed by atoms with E-state index in [9.17, 15) is 8.42 Å². The molecule has 0 amide bonds. The van der Waals surface area contributed by atoms with Crippen LogP contribution in [0.15, 0.2) is 24.4 Å². The molecule has 0 N–H and O–H groups in total. The third kappa shape index (κ3) is 4.73. The fourth-order valence-corrected chi connectivity index (χ4v) is 5.69. The predicted octanol–water partition coefficient (Wildman–Crippen LogP) is 2.16. The van der Waals surface area contributed by atoms with Gasteiger partial charge in [0.1, 0.15) is 11.6 Å². The number of fused-ring (bicyclic) bond motifs is 1. The monoisotopic (exact) mass is 444 g/mol. The highest BCUT2D eigenvalue weighted by Crippen LogP contribution is 2.32. The first-order valence-electron chi connectivity index (χ1n) is 11.1. The maximum absolute atomic E-state index is 12.6. The van der Waals surface area contributed by atoms with Gasteiger partial charge in [-0.3, -0.25) is 4.98 Å². The van der Waals surface area contributed by atoms with E-state index in [1.165, 1.54) is 9.87 Å². The molecule has 0 spiro atoms. The number of piperidine rings is 1. The lowest BCUT2D eigenvalue weighted by atomic mass is 9.97. The van der Waals surface area contributed by atoms with Crippen molar-refractivity contribution in [1.82, 2.24) is 23.6 Å². The van der Waals surface area contributed by atoms with E-state index in [1.807, 2.05) is 18.3 Å². The number of aromatic nitrogens is 3. The molecule has 0 aromatic carbocycles. The van der Waals surface area contributed by atoms with Crippen LogP contribution < -0.4 is 4.90 Å². The van der Waals surface area contributed by atoms with Gasteiger partial charge in [0.15, 0.2) is 0 Å². The molecule has 31 heavy (non-hydrogen) atoms. The van der Waals surface area contributed by atoms with Gasteiger partial charge in [-0.15, -0.1) is 0 Å². The van der Waals surface area contributed by atoms with E-state index in [0.29, 0.717) is 13.1 Å². The summed E-state index contributed by atoms with van der Waals surface area (Å²) in [6.45, 7) is 4.89. The summed E-state index contributed by atoms with van der Waals surface area (Å²) in [4.78, 5) is 16.6. The predicted molar refractivity (Wildman–Crippen MR) is 121 cm³/mol. The molecule has 9 heteroatoms. The fourth-order valence-electron chi connectivity index (χ4n) is 4.50. The van der Waals surface area contributed by atoms with E-state index in [2.05, 4.69) is 22.9 Å². The Morgan fingerprint density at radius 2 is 2.00 bits per heavy atom. The first-order valence-corrected chi connectivity index (χ1v) is 12.5. The summed E-state index contributed by atoms with van der Waals surface area (Å²) < 4.78 is 28.1. The molecule has 0 unspecified atom stereocenters. The number of rotatable bonds is 6. The van der Waals surface area contributed by atoms with Crippen molar-refractivity contribution in [2.45, 2.75) is 44.9 Å². The average molecular weight is 445 g/mol. The van der Waals surface area contributed by atoms with E-state index in [4.69, 9.17) is 9.97 Å². The van der Waals surface area contributed by atoms with Crippen molar-refractivity contribution in [1.29, 1.82) is 0 Å². The lowest BCUT2D eigenvalue weighted by Gasteiger charge is -2.35. The first kappa shape index (κ1) is 22.1. The molecule has 4 rings (SSSR count). The fraction of sp³-hybridized carbons (Fsp3) is 0.591. The number of nitrogens with zero attached hydrogens (tertiary/aromatic N) is 6. The maximum atomic E-state index is 12.6. The summed E-state index contributed by atoms with van der Waals surface area (Å²) in [6, 6.07) is 6.02. The Hall–Kier alpha value is -2.10. The van der Waals surface area contributed by atoms with E-state index >= 15 is 0 Å². The second-order valence-corrected chi connectivity index (χ2v) is 10.8. The third-order valence-electron chi connectivity index (χ3n) is 6.26. The standard InChI is InChI=1S/C22H32N6O2S/c1-17-20-10-7-13-27(15-11-19-9-4-5-12-23-19)22(20)25-21(24-17)18-8-6-14-28(16-18)31(29,30)26(2)3/h4-5,9,12,18H,6-8,10-11,13-16H2,1-3H3/t18-/m0/s1. The average Bonchev–Trinajstić information content (AvgIpc) is 2.78. The van der Waals surface area contributed by atoms with Gasteiger partial charge in [0.2, 0.25) is 0 Å². The van der Waals surface area contributed by atoms with E-state index in [1.54, 1.807) is 18.4 Å². The lowest BCUT2D eigenvalue weighted by Crippen LogP contribution is -2.45. The second-order valence-electron chi connectivity index (χ2n) is 8.62. The topological polar surface area (TPSA) is 82.5 Å². The van der Waals surface area contributed by atoms with E-state index in [-0.39, 0.29) is 5.92 Å².